The molecule has 0 aromatic carbocycles. The molecule has 0 saturated carbocycles. The van der Waals surface area contributed by atoms with Crippen LogP contribution in [-0.4, -0.2) is 53.8 Å². The van der Waals surface area contributed by atoms with E-state index in [4.69, 9.17) is 9.47 Å². The molecule has 20 heavy (non-hydrogen) atoms. The molecule has 114 valence electrons. The van der Waals surface area contributed by atoms with Gasteiger partial charge < -0.3 is 19.7 Å². The van der Waals surface area contributed by atoms with Crippen LogP contribution in [0.25, 0.3) is 0 Å². The van der Waals surface area contributed by atoms with Gasteiger partial charge in [-0.15, -0.1) is 0 Å². The summed E-state index contributed by atoms with van der Waals surface area (Å²) >= 11 is 0. The standard InChI is InChI=1S/C14H24N2O4/c1-10(15-12(18)20-13(2,3)4)11(17)16-7-5-14(9-16)6-8-19-14/h10H,5-9H2,1-4H3,(H,15,18)/t10-,14?/m1/s1. The average Bonchev–Trinajstić information content (AvgIpc) is 2.69. The topological polar surface area (TPSA) is 67.9 Å². The van der Waals surface area contributed by atoms with Crippen LogP contribution in [0.1, 0.15) is 40.5 Å². The summed E-state index contributed by atoms with van der Waals surface area (Å²) in [4.78, 5) is 25.7. The molecular formula is C14H24N2O4. The SMILES string of the molecule is C[C@@H](NC(=O)OC(C)(C)C)C(=O)N1CCC2(CCO2)C1. The molecule has 2 rings (SSSR count). The van der Waals surface area contributed by atoms with E-state index < -0.39 is 17.7 Å². The molecule has 1 unspecified atom stereocenters. The summed E-state index contributed by atoms with van der Waals surface area (Å²) in [5.41, 5.74) is -0.675. The average molecular weight is 284 g/mol. The summed E-state index contributed by atoms with van der Waals surface area (Å²) in [7, 11) is 0. The zero-order chi connectivity index (χ0) is 15.0. The summed E-state index contributed by atoms with van der Waals surface area (Å²) < 4.78 is 10.7. The molecule has 2 saturated heterocycles. The third-order valence-electron chi connectivity index (χ3n) is 3.70. The quantitative estimate of drug-likeness (QED) is 0.829. The van der Waals surface area contributed by atoms with E-state index in [-0.39, 0.29) is 11.5 Å². The maximum absolute atomic E-state index is 12.3. The number of ether oxygens (including phenoxy) is 2. The molecule has 2 amide bonds. The smallest absolute Gasteiger partial charge is 0.408 e. The van der Waals surface area contributed by atoms with Gasteiger partial charge in [-0.2, -0.15) is 0 Å². The van der Waals surface area contributed by atoms with Crippen molar-refractivity contribution in [3.63, 3.8) is 0 Å². The number of rotatable bonds is 2. The molecule has 2 atom stereocenters. The number of alkyl carbamates (subject to hydrolysis) is 1. The van der Waals surface area contributed by atoms with Crippen molar-refractivity contribution in [3.05, 3.63) is 0 Å². The number of hydrogen-bond acceptors (Lipinski definition) is 4. The van der Waals surface area contributed by atoms with E-state index in [1.54, 1.807) is 32.6 Å². The van der Waals surface area contributed by atoms with Gasteiger partial charge in [-0.1, -0.05) is 0 Å². The van der Waals surface area contributed by atoms with Crippen molar-refractivity contribution in [3.8, 4) is 0 Å². The summed E-state index contributed by atoms with van der Waals surface area (Å²) in [6.45, 7) is 9.16. The minimum atomic E-state index is -0.583. The molecule has 6 heteroatoms. The molecule has 0 aromatic rings. The van der Waals surface area contributed by atoms with E-state index in [0.717, 1.165) is 19.4 Å². The van der Waals surface area contributed by atoms with Crippen molar-refractivity contribution in [2.24, 2.45) is 0 Å². The van der Waals surface area contributed by atoms with Crippen molar-refractivity contribution >= 4 is 12.0 Å². The van der Waals surface area contributed by atoms with Gasteiger partial charge in [0.05, 0.1) is 12.2 Å². The number of likely N-dealkylation sites (tertiary alicyclic amines) is 1. The van der Waals surface area contributed by atoms with Crippen LogP contribution in [0.2, 0.25) is 0 Å². The lowest BCUT2D eigenvalue weighted by Crippen LogP contribution is -2.50. The van der Waals surface area contributed by atoms with Crippen LogP contribution in [0.3, 0.4) is 0 Å². The maximum Gasteiger partial charge on any atom is 0.408 e. The molecule has 1 N–H and O–H groups in total. The first kappa shape index (κ1) is 15.1. The first-order chi connectivity index (χ1) is 9.21. The Kier molecular flexibility index (Phi) is 3.95. The Morgan fingerprint density at radius 2 is 2.00 bits per heavy atom. The van der Waals surface area contributed by atoms with E-state index in [9.17, 15) is 9.59 Å². The van der Waals surface area contributed by atoms with Gasteiger partial charge in [-0.05, 0) is 34.1 Å². The predicted molar refractivity (Wildman–Crippen MR) is 73.3 cm³/mol. The highest BCUT2D eigenvalue weighted by Crippen LogP contribution is 2.35. The van der Waals surface area contributed by atoms with Crippen molar-refractivity contribution < 1.29 is 19.1 Å². The molecular weight excluding hydrogens is 260 g/mol. The van der Waals surface area contributed by atoms with Crippen LogP contribution in [-0.2, 0) is 14.3 Å². The second-order valence-corrected chi connectivity index (χ2v) is 6.66. The van der Waals surface area contributed by atoms with Gasteiger partial charge in [0.15, 0.2) is 0 Å². The molecule has 0 aromatic heterocycles. The summed E-state index contributed by atoms with van der Waals surface area (Å²) in [6, 6.07) is -0.583. The van der Waals surface area contributed by atoms with Crippen molar-refractivity contribution in [1.82, 2.24) is 10.2 Å². The van der Waals surface area contributed by atoms with Gasteiger partial charge in [0.1, 0.15) is 11.6 Å². The van der Waals surface area contributed by atoms with Crippen LogP contribution in [0.15, 0.2) is 0 Å². The Balaban J connectivity index is 1.82. The van der Waals surface area contributed by atoms with Crippen LogP contribution in [0.5, 0.6) is 0 Å². The van der Waals surface area contributed by atoms with Crippen molar-refractivity contribution in [2.45, 2.75) is 57.8 Å². The van der Waals surface area contributed by atoms with Crippen LogP contribution in [0, 0.1) is 0 Å². The number of carbonyl (C=O) groups is 2. The van der Waals surface area contributed by atoms with Gasteiger partial charge in [-0.25, -0.2) is 4.79 Å². The Labute approximate surface area is 119 Å². The molecule has 6 nitrogen and oxygen atoms in total. The second-order valence-electron chi connectivity index (χ2n) is 6.66. The minimum absolute atomic E-state index is 0.0803. The van der Waals surface area contributed by atoms with Crippen molar-refractivity contribution in [1.29, 1.82) is 0 Å². The van der Waals surface area contributed by atoms with Gasteiger partial charge in [0.2, 0.25) is 5.91 Å². The van der Waals surface area contributed by atoms with Crippen LogP contribution in [0.4, 0.5) is 4.79 Å². The Morgan fingerprint density at radius 1 is 1.35 bits per heavy atom. The monoisotopic (exact) mass is 284 g/mol. The summed E-state index contributed by atoms with van der Waals surface area (Å²) in [5.74, 6) is -0.0803. The molecule has 0 aliphatic carbocycles. The fourth-order valence-electron chi connectivity index (χ4n) is 2.57. The van der Waals surface area contributed by atoms with Crippen LogP contribution < -0.4 is 5.32 Å². The first-order valence-electron chi connectivity index (χ1n) is 7.13. The highest BCUT2D eigenvalue weighted by Gasteiger charge is 2.46. The zero-order valence-corrected chi connectivity index (χ0v) is 12.7. The third-order valence-corrected chi connectivity index (χ3v) is 3.70. The van der Waals surface area contributed by atoms with Gasteiger partial charge in [0.25, 0.3) is 0 Å². The van der Waals surface area contributed by atoms with E-state index >= 15 is 0 Å². The molecule has 0 radical (unpaired) electrons. The number of hydrogen-bond donors (Lipinski definition) is 1. The summed E-state index contributed by atoms with van der Waals surface area (Å²) in [6.07, 6.45) is 1.34. The number of carbonyl (C=O) groups excluding carboxylic acids is 2. The fourth-order valence-corrected chi connectivity index (χ4v) is 2.57. The van der Waals surface area contributed by atoms with Gasteiger partial charge >= 0.3 is 6.09 Å². The molecule has 1 spiro atoms. The minimum Gasteiger partial charge on any atom is -0.444 e. The van der Waals surface area contributed by atoms with Gasteiger partial charge in [0, 0.05) is 19.5 Å². The predicted octanol–water partition coefficient (Wildman–Crippen LogP) is 1.29. The lowest BCUT2D eigenvalue weighted by Gasteiger charge is -2.38. The maximum atomic E-state index is 12.3. The molecule has 0 bridgehead atoms. The highest BCUT2D eigenvalue weighted by molar-refractivity contribution is 5.85. The highest BCUT2D eigenvalue weighted by atomic mass is 16.6. The zero-order valence-electron chi connectivity index (χ0n) is 12.7. The normalized spacial score (nSPS) is 27.1. The molecule has 2 aliphatic heterocycles. The Morgan fingerprint density at radius 3 is 2.45 bits per heavy atom. The first-order valence-corrected chi connectivity index (χ1v) is 7.13. The van der Waals surface area contributed by atoms with E-state index in [1.807, 2.05) is 0 Å². The lowest BCUT2D eigenvalue weighted by molar-refractivity contribution is -0.147. The van der Waals surface area contributed by atoms with Gasteiger partial charge in [-0.3, -0.25) is 4.79 Å². The number of amides is 2. The van der Waals surface area contributed by atoms with Crippen molar-refractivity contribution in [2.75, 3.05) is 19.7 Å². The molecule has 2 fully saturated rings. The summed E-state index contributed by atoms with van der Waals surface area (Å²) in [5, 5.41) is 2.58. The fraction of sp³-hybridized carbons (Fsp3) is 0.857. The number of nitrogens with zero attached hydrogens (tertiary/aromatic N) is 1. The second kappa shape index (κ2) is 5.24. The van der Waals surface area contributed by atoms with E-state index in [0.29, 0.717) is 13.1 Å². The number of nitrogens with one attached hydrogen (secondary N) is 1. The lowest BCUT2D eigenvalue weighted by atomic mass is 9.94. The van der Waals surface area contributed by atoms with E-state index in [1.165, 1.54) is 0 Å². The molecule has 2 aliphatic rings. The van der Waals surface area contributed by atoms with Crippen LogP contribution >= 0.6 is 0 Å². The Hall–Kier alpha value is -1.30. The largest absolute Gasteiger partial charge is 0.444 e. The van der Waals surface area contributed by atoms with E-state index in [2.05, 4.69) is 5.32 Å². The third kappa shape index (κ3) is 3.42. The Bertz CT molecular complexity index is 398. The molecule has 2 heterocycles.